The molecule has 1 N–H and O–H groups in total. The van der Waals surface area contributed by atoms with Crippen molar-refractivity contribution in [2.75, 3.05) is 0 Å². The Kier molecular flexibility index (Phi) is 5.48. The van der Waals surface area contributed by atoms with Gasteiger partial charge < -0.3 is 5.11 Å². The van der Waals surface area contributed by atoms with E-state index in [1.54, 1.807) is 0 Å². The van der Waals surface area contributed by atoms with Crippen LogP contribution in [0.1, 0.15) is 32.4 Å². The fourth-order valence-corrected chi connectivity index (χ4v) is 1.00. The van der Waals surface area contributed by atoms with Crippen LogP contribution in [0.15, 0.2) is 18.2 Å². The van der Waals surface area contributed by atoms with Crippen molar-refractivity contribution in [3.63, 3.8) is 0 Å². The first-order valence-corrected chi connectivity index (χ1v) is 4.65. The van der Waals surface area contributed by atoms with E-state index in [2.05, 4.69) is 0 Å². The lowest BCUT2D eigenvalue weighted by molar-refractivity contribution is -0.387. The summed E-state index contributed by atoms with van der Waals surface area (Å²) < 4.78 is 13.2. The molecule has 4 nitrogen and oxygen atoms in total. The molecule has 0 bridgehead atoms. The molecule has 0 radical (unpaired) electrons. The summed E-state index contributed by atoms with van der Waals surface area (Å²) >= 11 is 0. The number of hydrogen-bond donors (Lipinski definition) is 1. The molecular weight excluding hydrogens is 201 g/mol. The van der Waals surface area contributed by atoms with Gasteiger partial charge in [-0.2, -0.15) is 4.39 Å². The fraction of sp³-hybridized carbons (Fsp3) is 0.400. The molecule has 0 aliphatic carbocycles. The van der Waals surface area contributed by atoms with Crippen molar-refractivity contribution in [1.82, 2.24) is 0 Å². The van der Waals surface area contributed by atoms with Crippen LogP contribution in [0.25, 0.3) is 0 Å². The first-order chi connectivity index (χ1) is 7.04. The van der Waals surface area contributed by atoms with E-state index < -0.39 is 22.5 Å². The molecular formula is C10H14FNO3. The van der Waals surface area contributed by atoms with Gasteiger partial charge in [-0.3, -0.25) is 10.1 Å². The van der Waals surface area contributed by atoms with E-state index in [1.165, 1.54) is 19.1 Å². The number of nitro groups is 1. The van der Waals surface area contributed by atoms with Gasteiger partial charge in [0.25, 0.3) is 0 Å². The number of rotatable bonds is 2. The summed E-state index contributed by atoms with van der Waals surface area (Å²) in [7, 11) is 0. The number of halogens is 1. The summed E-state index contributed by atoms with van der Waals surface area (Å²) in [6.07, 6.45) is -1.04. The van der Waals surface area contributed by atoms with Crippen LogP contribution in [0.5, 0.6) is 0 Å². The smallest absolute Gasteiger partial charge is 0.305 e. The maximum Gasteiger partial charge on any atom is 0.305 e. The molecule has 0 saturated carbocycles. The van der Waals surface area contributed by atoms with E-state index in [4.69, 9.17) is 5.11 Å². The van der Waals surface area contributed by atoms with Crippen LogP contribution >= 0.6 is 0 Å². The van der Waals surface area contributed by atoms with E-state index in [0.29, 0.717) is 0 Å². The lowest BCUT2D eigenvalue weighted by Gasteiger charge is -2.04. The van der Waals surface area contributed by atoms with Crippen LogP contribution in [0, 0.1) is 15.9 Å². The molecule has 84 valence electrons. The number of aliphatic hydroxyl groups is 1. The molecule has 0 amide bonds. The minimum Gasteiger partial charge on any atom is -0.389 e. The Morgan fingerprint density at radius 2 is 2.00 bits per heavy atom. The number of nitrogens with zero attached hydrogens (tertiary/aromatic N) is 1. The Labute approximate surface area is 87.5 Å². The summed E-state index contributed by atoms with van der Waals surface area (Å²) in [4.78, 5) is 9.46. The minimum absolute atomic E-state index is 0.0609. The largest absolute Gasteiger partial charge is 0.389 e. The van der Waals surface area contributed by atoms with Crippen molar-refractivity contribution in [3.05, 3.63) is 39.7 Å². The highest BCUT2D eigenvalue weighted by Crippen LogP contribution is 2.24. The molecule has 0 saturated heterocycles. The van der Waals surface area contributed by atoms with Crippen molar-refractivity contribution in [2.24, 2.45) is 0 Å². The summed E-state index contributed by atoms with van der Waals surface area (Å²) in [5, 5.41) is 19.3. The van der Waals surface area contributed by atoms with Crippen LogP contribution in [-0.2, 0) is 0 Å². The highest BCUT2D eigenvalue weighted by molar-refractivity contribution is 5.37. The predicted octanol–water partition coefficient (Wildman–Crippen LogP) is 2.81. The van der Waals surface area contributed by atoms with Crippen LogP contribution in [0.4, 0.5) is 10.1 Å². The SMILES string of the molecule is CC.C[C@@H](O)c1cccc([N+](=O)[O-])c1F. The van der Waals surface area contributed by atoms with Gasteiger partial charge in [0.1, 0.15) is 0 Å². The van der Waals surface area contributed by atoms with Crippen molar-refractivity contribution >= 4 is 5.69 Å². The molecule has 5 heteroatoms. The lowest BCUT2D eigenvalue weighted by atomic mass is 10.1. The number of nitro benzene ring substituents is 1. The summed E-state index contributed by atoms with van der Waals surface area (Å²) in [5.74, 6) is -0.970. The molecule has 1 aromatic carbocycles. The van der Waals surface area contributed by atoms with Gasteiger partial charge >= 0.3 is 5.69 Å². The van der Waals surface area contributed by atoms with E-state index in [0.717, 1.165) is 6.07 Å². The average Bonchev–Trinajstić information content (AvgIpc) is 2.20. The van der Waals surface area contributed by atoms with Crippen molar-refractivity contribution in [1.29, 1.82) is 0 Å². The molecule has 0 heterocycles. The summed E-state index contributed by atoms with van der Waals surface area (Å²) in [6.45, 7) is 5.35. The highest BCUT2D eigenvalue weighted by Gasteiger charge is 2.19. The third-order valence-corrected chi connectivity index (χ3v) is 1.65. The molecule has 0 aliphatic rings. The standard InChI is InChI=1S/C8H8FNO3.C2H6/c1-5(11)6-3-2-4-7(8(6)9)10(12)13;1-2/h2-5,11H,1H3;1-2H3/t5-;/m1./s1. The summed E-state index contributed by atoms with van der Waals surface area (Å²) in [5.41, 5.74) is -0.674. The van der Waals surface area contributed by atoms with Gasteiger partial charge in [0, 0.05) is 11.6 Å². The van der Waals surface area contributed by atoms with Gasteiger partial charge in [0.15, 0.2) is 0 Å². The Balaban J connectivity index is 0.000000921. The fourth-order valence-electron chi connectivity index (χ4n) is 1.00. The van der Waals surface area contributed by atoms with Crippen LogP contribution in [0.3, 0.4) is 0 Å². The molecule has 0 fully saturated rings. The molecule has 0 aromatic heterocycles. The topological polar surface area (TPSA) is 63.4 Å². The van der Waals surface area contributed by atoms with Gasteiger partial charge in [0.2, 0.25) is 5.82 Å². The normalized spacial score (nSPS) is 11.3. The summed E-state index contributed by atoms with van der Waals surface area (Å²) in [6, 6.07) is 3.71. The molecule has 0 unspecified atom stereocenters. The lowest BCUT2D eigenvalue weighted by Crippen LogP contribution is -2.00. The monoisotopic (exact) mass is 215 g/mol. The van der Waals surface area contributed by atoms with Gasteiger partial charge in [-0.15, -0.1) is 0 Å². The second kappa shape index (κ2) is 6.08. The molecule has 15 heavy (non-hydrogen) atoms. The first kappa shape index (κ1) is 13.5. The highest BCUT2D eigenvalue weighted by atomic mass is 19.1. The Hall–Kier alpha value is -1.49. The zero-order chi connectivity index (χ0) is 12.0. The second-order valence-corrected chi connectivity index (χ2v) is 2.61. The number of hydrogen-bond acceptors (Lipinski definition) is 3. The molecule has 1 rings (SSSR count). The van der Waals surface area contributed by atoms with Crippen molar-refractivity contribution in [2.45, 2.75) is 26.9 Å². The molecule has 0 spiro atoms. The van der Waals surface area contributed by atoms with Crippen molar-refractivity contribution in [3.8, 4) is 0 Å². The molecule has 1 atom stereocenters. The zero-order valence-electron chi connectivity index (χ0n) is 8.90. The third kappa shape index (κ3) is 3.28. The predicted molar refractivity (Wildman–Crippen MR) is 55.0 cm³/mol. The second-order valence-electron chi connectivity index (χ2n) is 2.61. The Bertz CT molecular complexity index is 339. The van der Waals surface area contributed by atoms with Gasteiger partial charge in [-0.1, -0.05) is 26.0 Å². The molecule has 1 aromatic rings. The maximum atomic E-state index is 13.2. The quantitative estimate of drug-likeness (QED) is 0.609. The van der Waals surface area contributed by atoms with Crippen LogP contribution in [-0.4, -0.2) is 10.0 Å². The van der Waals surface area contributed by atoms with E-state index in [-0.39, 0.29) is 5.56 Å². The molecule has 0 aliphatic heterocycles. The van der Waals surface area contributed by atoms with Gasteiger partial charge in [-0.25, -0.2) is 0 Å². The minimum atomic E-state index is -1.04. The van der Waals surface area contributed by atoms with Gasteiger partial charge in [0.05, 0.1) is 11.0 Å². The van der Waals surface area contributed by atoms with Crippen LogP contribution < -0.4 is 0 Å². The Morgan fingerprint density at radius 3 is 2.40 bits per heavy atom. The van der Waals surface area contributed by atoms with Crippen LogP contribution in [0.2, 0.25) is 0 Å². The Morgan fingerprint density at radius 1 is 1.47 bits per heavy atom. The first-order valence-electron chi connectivity index (χ1n) is 4.65. The zero-order valence-corrected chi connectivity index (χ0v) is 8.90. The maximum absolute atomic E-state index is 13.2. The number of aliphatic hydroxyl groups excluding tert-OH is 1. The average molecular weight is 215 g/mol. The number of benzene rings is 1. The van der Waals surface area contributed by atoms with E-state index in [1.807, 2.05) is 13.8 Å². The van der Waals surface area contributed by atoms with Gasteiger partial charge in [-0.05, 0) is 6.92 Å². The van der Waals surface area contributed by atoms with E-state index >= 15 is 0 Å². The third-order valence-electron chi connectivity index (χ3n) is 1.65. The van der Waals surface area contributed by atoms with E-state index in [9.17, 15) is 14.5 Å². The van der Waals surface area contributed by atoms with Crippen molar-refractivity contribution < 1.29 is 14.4 Å².